The molecule has 0 amide bonds. The molecule has 0 unspecified atom stereocenters. The summed E-state index contributed by atoms with van der Waals surface area (Å²) in [5, 5.41) is 1.99. The van der Waals surface area contributed by atoms with Crippen LogP contribution in [-0.2, 0) is 4.74 Å². The van der Waals surface area contributed by atoms with Crippen LogP contribution in [0.2, 0.25) is 0 Å². The van der Waals surface area contributed by atoms with E-state index in [-0.39, 0.29) is 0 Å². The molecular formula is C10H10N2O2S. The predicted molar refractivity (Wildman–Crippen MR) is 58.0 cm³/mol. The Morgan fingerprint density at radius 3 is 3.00 bits per heavy atom. The number of methoxy groups -OCH3 is 1. The zero-order valence-corrected chi connectivity index (χ0v) is 9.22. The number of rotatable bonds is 2. The van der Waals surface area contributed by atoms with Crippen LogP contribution in [0.25, 0.3) is 10.7 Å². The van der Waals surface area contributed by atoms with E-state index >= 15 is 0 Å². The zero-order chi connectivity index (χ0) is 10.8. The van der Waals surface area contributed by atoms with E-state index in [1.165, 1.54) is 13.3 Å². The largest absolute Gasteiger partial charge is 0.464 e. The van der Waals surface area contributed by atoms with Gasteiger partial charge in [0.15, 0.2) is 0 Å². The summed E-state index contributed by atoms with van der Waals surface area (Å²) in [4.78, 5) is 19.3. The number of aromatic amines is 1. The Balaban J connectivity index is 2.36. The number of ether oxygens (including phenoxy) is 1. The maximum atomic E-state index is 11.2. The molecule has 0 bridgehead atoms. The third kappa shape index (κ3) is 1.78. The predicted octanol–water partition coefficient (Wildman–Crippen LogP) is 2.23. The van der Waals surface area contributed by atoms with E-state index in [4.69, 9.17) is 0 Å². The van der Waals surface area contributed by atoms with Gasteiger partial charge < -0.3 is 9.72 Å². The highest BCUT2D eigenvalue weighted by atomic mass is 32.1. The summed E-state index contributed by atoms with van der Waals surface area (Å²) in [7, 11) is 1.35. The maximum absolute atomic E-state index is 11.2. The molecule has 5 heteroatoms. The van der Waals surface area contributed by atoms with Gasteiger partial charge in [0.25, 0.3) is 0 Å². The first-order valence-corrected chi connectivity index (χ1v) is 5.28. The standard InChI is InChI=1S/C10H10N2O2S/c1-6-3-4-15-8(6)9-11-5-7(12-9)10(13)14-2/h3-5H,1-2H3,(H,11,12). The van der Waals surface area contributed by atoms with Crippen molar-refractivity contribution in [2.45, 2.75) is 6.92 Å². The van der Waals surface area contributed by atoms with Gasteiger partial charge in [0.05, 0.1) is 18.2 Å². The van der Waals surface area contributed by atoms with Crippen molar-refractivity contribution in [3.05, 3.63) is 28.9 Å². The molecule has 0 fully saturated rings. The average Bonchev–Trinajstić information content (AvgIpc) is 2.84. The lowest BCUT2D eigenvalue weighted by Gasteiger charge is -1.94. The Morgan fingerprint density at radius 2 is 2.40 bits per heavy atom. The molecular weight excluding hydrogens is 212 g/mol. The molecule has 0 radical (unpaired) electrons. The van der Waals surface area contributed by atoms with E-state index in [9.17, 15) is 4.79 Å². The van der Waals surface area contributed by atoms with E-state index in [2.05, 4.69) is 14.7 Å². The molecule has 0 aliphatic heterocycles. The van der Waals surface area contributed by atoms with E-state index in [0.717, 1.165) is 10.4 Å². The van der Waals surface area contributed by atoms with Gasteiger partial charge >= 0.3 is 5.97 Å². The summed E-state index contributed by atoms with van der Waals surface area (Å²) in [6, 6.07) is 2.01. The molecule has 2 rings (SSSR count). The molecule has 2 aromatic rings. The first-order valence-electron chi connectivity index (χ1n) is 4.40. The Labute approximate surface area is 90.9 Å². The summed E-state index contributed by atoms with van der Waals surface area (Å²) < 4.78 is 4.59. The van der Waals surface area contributed by atoms with Crippen molar-refractivity contribution < 1.29 is 9.53 Å². The van der Waals surface area contributed by atoms with Crippen LogP contribution < -0.4 is 0 Å². The van der Waals surface area contributed by atoms with Crippen molar-refractivity contribution in [2.24, 2.45) is 0 Å². The van der Waals surface area contributed by atoms with E-state index in [0.29, 0.717) is 11.5 Å². The Bertz CT molecular complexity index is 487. The van der Waals surface area contributed by atoms with Gasteiger partial charge in [-0.1, -0.05) is 0 Å². The van der Waals surface area contributed by atoms with Crippen LogP contribution in [0.5, 0.6) is 0 Å². The lowest BCUT2D eigenvalue weighted by atomic mass is 10.3. The number of nitrogens with zero attached hydrogens (tertiary/aromatic N) is 1. The number of carbonyl (C=O) groups is 1. The molecule has 2 aromatic heterocycles. The average molecular weight is 222 g/mol. The molecule has 0 aliphatic carbocycles. The fourth-order valence-corrected chi connectivity index (χ4v) is 2.14. The molecule has 2 heterocycles. The summed E-state index contributed by atoms with van der Waals surface area (Å²) in [6.07, 6.45) is 1.49. The SMILES string of the molecule is COC(=O)c1cnc(-c2sccc2C)[nH]1. The highest BCUT2D eigenvalue weighted by Gasteiger charge is 2.12. The van der Waals surface area contributed by atoms with Crippen LogP contribution in [0.15, 0.2) is 17.6 Å². The van der Waals surface area contributed by atoms with Gasteiger partial charge in [-0.15, -0.1) is 11.3 Å². The number of hydrogen-bond acceptors (Lipinski definition) is 4. The molecule has 78 valence electrons. The van der Waals surface area contributed by atoms with Crippen molar-refractivity contribution >= 4 is 17.3 Å². The Kier molecular flexibility index (Phi) is 2.55. The van der Waals surface area contributed by atoms with Gasteiger partial charge in [0, 0.05) is 0 Å². The molecule has 0 atom stereocenters. The lowest BCUT2D eigenvalue weighted by Crippen LogP contribution is -2.00. The molecule has 15 heavy (non-hydrogen) atoms. The number of aryl methyl sites for hydroxylation is 1. The van der Waals surface area contributed by atoms with Gasteiger partial charge in [-0.3, -0.25) is 0 Å². The fourth-order valence-electron chi connectivity index (χ4n) is 1.27. The first-order chi connectivity index (χ1) is 7.22. The molecule has 4 nitrogen and oxygen atoms in total. The minimum atomic E-state index is -0.400. The van der Waals surface area contributed by atoms with E-state index < -0.39 is 5.97 Å². The van der Waals surface area contributed by atoms with Crippen molar-refractivity contribution in [1.82, 2.24) is 9.97 Å². The minimum Gasteiger partial charge on any atom is -0.464 e. The van der Waals surface area contributed by atoms with Gasteiger partial charge in [-0.05, 0) is 23.9 Å². The van der Waals surface area contributed by atoms with Gasteiger partial charge in [0.2, 0.25) is 0 Å². The summed E-state index contributed by atoms with van der Waals surface area (Å²) >= 11 is 1.59. The van der Waals surface area contributed by atoms with Crippen LogP contribution >= 0.6 is 11.3 Å². The highest BCUT2D eigenvalue weighted by Crippen LogP contribution is 2.26. The second-order valence-corrected chi connectivity index (χ2v) is 3.99. The Hall–Kier alpha value is -1.62. The summed E-state index contributed by atoms with van der Waals surface area (Å²) in [6.45, 7) is 2.01. The third-order valence-corrected chi connectivity index (χ3v) is 3.08. The van der Waals surface area contributed by atoms with Crippen LogP contribution in [0, 0.1) is 6.92 Å². The van der Waals surface area contributed by atoms with Crippen molar-refractivity contribution in [3.8, 4) is 10.7 Å². The normalized spacial score (nSPS) is 10.3. The maximum Gasteiger partial charge on any atom is 0.356 e. The van der Waals surface area contributed by atoms with Gasteiger partial charge in [-0.2, -0.15) is 0 Å². The number of imidazole rings is 1. The number of esters is 1. The van der Waals surface area contributed by atoms with Gasteiger partial charge in [0.1, 0.15) is 11.5 Å². The highest BCUT2D eigenvalue weighted by molar-refractivity contribution is 7.13. The molecule has 0 saturated carbocycles. The lowest BCUT2D eigenvalue weighted by molar-refractivity contribution is 0.0595. The topological polar surface area (TPSA) is 55.0 Å². The number of carbonyl (C=O) groups excluding carboxylic acids is 1. The minimum absolute atomic E-state index is 0.375. The number of aromatic nitrogens is 2. The summed E-state index contributed by atoms with van der Waals surface area (Å²) in [5.74, 6) is 0.311. The number of H-pyrrole nitrogens is 1. The molecule has 0 spiro atoms. The monoisotopic (exact) mass is 222 g/mol. The molecule has 0 aliphatic rings. The number of nitrogens with one attached hydrogen (secondary N) is 1. The van der Waals surface area contributed by atoms with Gasteiger partial charge in [-0.25, -0.2) is 9.78 Å². The van der Waals surface area contributed by atoms with Crippen LogP contribution in [-0.4, -0.2) is 23.0 Å². The molecule has 0 aromatic carbocycles. The fraction of sp³-hybridized carbons (Fsp3) is 0.200. The van der Waals surface area contributed by atoms with Crippen LogP contribution in [0.3, 0.4) is 0 Å². The van der Waals surface area contributed by atoms with Crippen molar-refractivity contribution in [2.75, 3.05) is 7.11 Å². The molecule has 0 saturated heterocycles. The summed E-state index contributed by atoms with van der Waals surface area (Å²) in [5.41, 5.74) is 1.52. The second kappa shape index (κ2) is 3.86. The molecule has 1 N–H and O–H groups in total. The zero-order valence-electron chi connectivity index (χ0n) is 8.40. The quantitative estimate of drug-likeness (QED) is 0.793. The smallest absolute Gasteiger partial charge is 0.356 e. The van der Waals surface area contributed by atoms with Crippen molar-refractivity contribution in [3.63, 3.8) is 0 Å². The van der Waals surface area contributed by atoms with E-state index in [1.54, 1.807) is 11.3 Å². The third-order valence-electron chi connectivity index (χ3n) is 2.06. The van der Waals surface area contributed by atoms with Crippen LogP contribution in [0.1, 0.15) is 16.1 Å². The number of hydrogen-bond donors (Lipinski definition) is 1. The van der Waals surface area contributed by atoms with Crippen molar-refractivity contribution in [1.29, 1.82) is 0 Å². The van der Waals surface area contributed by atoms with E-state index in [1.807, 2.05) is 18.4 Å². The van der Waals surface area contributed by atoms with Crippen LogP contribution in [0.4, 0.5) is 0 Å². The Morgan fingerprint density at radius 1 is 1.60 bits per heavy atom. The number of thiophene rings is 1. The first kappa shape index (κ1) is 9.92. The second-order valence-electron chi connectivity index (χ2n) is 3.07.